The summed E-state index contributed by atoms with van der Waals surface area (Å²) in [5.41, 5.74) is 1.11. The summed E-state index contributed by atoms with van der Waals surface area (Å²) in [7, 11) is 0. The normalized spacial score (nSPS) is 21.0. The number of piperidine rings is 1. The molecular weight excluding hydrogens is 170 g/mol. The lowest BCUT2D eigenvalue weighted by Crippen LogP contribution is -2.32. The van der Waals surface area contributed by atoms with E-state index in [0.717, 1.165) is 12.1 Å². The van der Waals surface area contributed by atoms with Crippen molar-refractivity contribution in [1.29, 1.82) is 0 Å². The second-order valence-corrected chi connectivity index (χ2v) is 3.64. The molecule has 1 atom stereocenters. The van der Waals surface area contributed by atoms with Crippen LogP contribution in [0.15, 0.2) is 30.3 Å². The molecule has 0 spiro atoms. The van der Waals surface area contributed by atoms with E-state index < -0.39 is 0 Å². The molecular formula is C13H15N. The molecule has 0 unspecified atom stereocenters. The highest BCUT2D eigenvalue weighted by molar-refractivity contribution is 5.34. The van der Waals surface area contributed by atoms with E-state index in [9.17, 15) is 0 Å². The quantitative estimate of drug-likeness (QED) is 0.611. The molecule has 1 aliphatic heterocycles. The third kappa shape index (κ3) is 2.61. The van der Waals surface area contributed by atoms with Crippen LogP contribution in [0.3, 0.4) is 0 Å². The Morgan fingerprint density at radius 3 is 2.71 bits per heavy atom. The molecule has 1 nitrogen and oxygen atoms in total. The molecule has 1 saturated heterocycles. The lowest BCUT2D eigenvalue weighted by atomic mass is 10.1. The lowest BCUT2D eigenvalue weighted by molar-refractivity contribution is 0.464. The van der Waals surface area contributed by atoms with E-state index in [0.29, 0.717) is 6.04 Å². The number of hydrogen-bond donors (Lipinski definition) is 1. The summed E-state index contributed by atoms with van der Waals surface area (Å²) < 4.78 is 0. The molecule has 0 amide bonds. The predicted molar refractivity (Wildman–Crippen MR) is 59.0 cm³/mol. The van der Waals surface area contributed by atoms with Crippen LogP contribution in [0.1, 0.15) is 24.8 Å². The van der Waals surface area contributed by atoms with Gasteiger partial charge in [0.1, 0.15) is 0 Å². The summed E-state index contributed by atoms with van der Waals surface area (Å²) in [6.45, 7) is 1.12. The Kier molecular flexibility index (Phi) is 3.21. The van der Waals surface area contributed by atoms with Crippen LogP contribution in [0.25, 0.3) is 0 Å². The van der Waals surface area contributed by atoms with E-state index in [1.807, 2.05) is 18.2 Å². The van der Waals surface area contributed by atoms with Crippen molar-refractivity contribution < 1.29 is 0 Å². The first-order valence-electron chi connectivity index (χ1n) is 5.25. The first-order chi connectivity index (χ1) is 6.95. The van der Waals surface area contributed by atoms with Crippen molar-refractivity contribution in [2.24, 2.45) is 0 Å². The number of rotatable bonds is 0. The standard InChI is InChI=1S/C13H15N/c1-2-6-12(7-3-1)9-10-13-8-4-5-11-14-13/h1-3,6-7,13-14H,4-5,8,11H2/t13-/m1/s1. The van der Waals surface area contributed by atoms with Crippen molar-refractivity contribution in [2.75, 3.05) is 6.54 Å². The Labute approximate surface area is 85.5 Å². The van der Waals surface area contributed by atoms with Gasteiger partial charge in [0.15, 0.2) is 0 Å². The molecule has 0 aromatic heterocycles. The minimum atomic E-state index is 0.406. The van der Waals surface area contributed by atoms with Crippen molar-refractivity contribution in [3.63, 3.8) is 0 Å². The number of hydrogen-bond acceptors (Lipinski definition) is 1. The third-order valence-corrected chi connectivity index (χ3v) is 2.47. The zero-order valence-electron chi connectivity index (χ0n) is 8.29. The van der Waals surface area contributed by atoms with Gasteiger partial charge in [-0.1, -0.05) is 30.0 Å². The fourth-order valence-electron chi connectivity index (χ4n) is 1.67. The Morgan fingerprint density at radius 2 is 2.00 bits per heavy atom. The molecule has 1 heteroatoms. The zero-order valence-corrected chi connectivity index (χ0v) is 8.29. The van der Waals surface area contributed by atoms with Crippen LogP contribution >= 0.6 is 0 Å². The largest absolute Gasteiger partial charge is 0.304 e. The highest BCUT2D eigenvalue weighted by Gasteiger charge is 2.08. The van der Waals surface area contributed by atoms with Crippen LogP contribution in [0.4, 0.5) is 0 Å². The molecule has 0 radical (unpaired) electrons. The first kappa shape index (κ1) is 9.30. The SMILES string of the molecule is C(#C[C@H]1CCCCN1)c1ccccc1. The monoisotopic (exact) mass is 185 g/mol. The van der Waals surface area contributed by atoms with Gasteiger partial charge >= 0.3 is 0 Å². The summed E-state index contributed by atoms with van der Waals surface area (Å²) in [5.74, 6) is 6.48. The van der Waals surface area contributed by atoms with E-state index in [4.69, 9.17) is 0 Å². The van der Waals surface area contributed by atoms with Crippen LogP contribution in [-0.2, 0) is 0 Å². The Morgan fingerprint density at radius 1 is 1.14 bits per heavy atom. The molecule has 2 rings (SSSR count). The van der Waals surface area contributed by atoms with Gasteiger partial charge in [-0.2, -0.15) is 0 Å². The Balaban J connectivity index is 1.99. The number of nitrogens with one attached hydrogen (secondary N) is 1. The maximum absolute atomic E-state index is 3.42. The summed E-state index contributed by atoms with van der Waals surface area (Å²) in [6.07, 6.45) is 3.80. The Hall–Kier alpha value is -1.26. The van der Waals surface area contributed by atoms with Gasteiger partial charge in [-0.15, -0.1) is 0 Å². The van der Waals surface area contributed by atoms with Crippen LogP contribution in [0.5, 0.6) is 0 Å². The molecule has 72 valence electrons. The smallest absolute Gasteiger partial charge is 0.0693 e. The van der Waals surface area contributed by atoms with Crippen molar-refractivity contribution in [2.45, 2.75) is 25.3 Å². The van der Waals surface area contributed by atoms with Crippen molar-refractivity contribution in [3.8, 4) is 11.8 Å². The van der Waals surface area contributed by atoms with Crippen molar-refractivity contribution in [1.82, 2.24) is 5.32 Å². The summed E-state index contributed by atoms with van der Waals surface area (Å²) >= 11 is 0. The van der Waals surface area contributed by atoms with Crippen LogP contribution in [0.2, 0.25) is 0 Å². The van der Waals surface area contributed by atoms with Gasteiger partial charge < -0.3 is 5.32 Å². The van der Waals surface area contributed by atoms with Crippen molar-refractivity contribution >= 4 is 0 Å². The molecule has 0 aliphatic carbocycles. The van der Waals surface area contributed by atoms with Gasteiger partial charge in [0.05, 0.1) is 6.04 Å². The van der Waals surface area contributed by atoms with Gasteiger partial charge in [-0.25, -0.2) is 0 Å². The van der Waals surface area contributed by atoms with Gasteiger partial charge in [-0.3, -0.25) is 0 Å². The van der Waals surface area contributed by atoms with E-state index in [-0.39, 0.29) is 0 Å². The minimum absolute atomic E-state index is 0.406. The molecule has 1 fully saturated rings. The number of benzene rings is 1. The topological polar surface area (TPSA) is 12.0 Å². The fraction of sp³-hybridized carbons (Fsp3) is 0.385. The highest BCUT2D eigenvalue weighted by atomic mass is 14.9. The molecule has 1 aliphatic rings. The molecule has 14 heavy (non-hydrogen) atoms. The fourth-order valence-corrected chi connectivity index (χ4v) is 1.67. The van der Waals surface area contributed by atoms with Gasteiger partial charge in [-0.05, 0) is 37.9 Å². The predicted octanol–water partition coefficient (Wildman–Crippen LogP) is 2.18. The average Bonchev–Trinajstić information content (AvgIpc) is 2.29. The molecule has 0 saturated carbocycles. The van der Waals surface area contributed by atoms with E-state index in [2.05, 4.69) is 29.3 Å². The molecule has 0 bridgehead atoms. The van der Waals surface area contributed by atoms with Gasteiger partial charge in [0.25, 0.3) is 0 Å². The maximum atomic E-state index is 3.42. The third-order valence-electron chi connectivity index (χ3n) is 2.47. The van der Waals surface area contributed by atoms with Crippen LogP contribution in [-0.4, -0.2) is 12.6 Å². The molecule has 1 aromatic rings. The minimum Gasteiger partial charge on any atom is -0.304 e. The Bertz CT molecular complexity index is 325. The molecule has 1 heterocycles. The summed E-state index contributed by atoms with van der Waals surface area (Å²) in [4.78, 5) is 0. The highest BCUT2D eigenvalue weighted by Crippen LogP contribution is 2.06. The van der Waals surface area contributed by atoms with E-state index in [1.165, 1.54) is 19.3 Å². The molecule has 1 N–H and O–H groups in total. The van der Waals surface area contributed by atoms with Gasteiger partial charge in [0, 0.05) is 5.56 Å². The van der Waals surface area contributed by atoms with E-state index >= 15 is 0 Å². The lowest BCUT2D eigenvalue weighted by Gasteiger charge is -2.17. The average molecular weight is 185 g/mol. The van der Waals surface area contributed by atoms with Gasteiger partial charge in [0.2, 0.25) is 0 Å². The van der Waals surface area contributed by atoms with Crippen molar-refractivity contribution in [3.05, 3.63) is 35.9 Å². The maximum Gasteiger partial charge on any atom is 0.0693 e. The second-order valence-electron chi connectivity index (χ2n) is 3.64. The zero-order chi connectivity index (χ0) is 9.64. The van der Waals surface area contributed by atoms with Crippen LogP contribution < -0.4 is 5.32 Å². The summed E-state index contributed by atoms with van der Waals surface area (Å²) in [5, 5.41) is 3.42. The summed E-state index contributed by atoms with van der Waals surface area (Å²) in [6, 6.07) is 10.6. The van der Waals surface area contributed by atoms with E-state index in [1.54, 1.807) is 0 Å². The van der Waals surface area contributed by atoms with Crippen LogP contribution in [0, 0.1) is 11.8 Å². The second kappa shape index (κ2) is 4.83. The first-order valence-corrected chi connectivity index (χ1v) is 5.25. The molecule has 1 aromatic carbocycles.